The molecule has 0 saturated carbocycles. The Morgan fingerprint density at radius 3 is 2.50 bits per heavy atom. The molecule has 66 valence electrons. The van der Waals surface area contributed by atoms with E-state index >= 15 is 0 Å². The predicted molar refractivity (Wildman–Crippen MR) is 58.1 cm³/mol. The fraction of sp³-hybridized carbons (Fsp3) is 0.400. The molecule has 0 saturated heterocycles. The third-order valence-corrected chi connectivity index (χ3v) is 4.17. The van der Waals surface area contributed by atoms with Crippen molar-refractivity contribution in [3.05, 3.63) is 35.9 Å². The Hall–Kier alpha value is -0.0600. The first-order chi connectivity index (χ1) is 5.83. The lowest BCUT2D eigenvalue weighted by Crippen LogP contribution is -1.82. The normalized spacial score (nSPS) is 12.8. The van der Waals surface area contributed by atoms with Crippen LogP contribution in [0.4, 0.5) is 0 Å². The van der Waals surface area contributed by atoms with Crippen molar-refractivity contribution in [2.24, 2.45) is 0 Å². The van der Waals surface area contributed by atoms with Crippen molar-refractivity contribution in [2.75, 3.05) is 6.16 Å². The lowest BCUT2D eigenvalue weighted by Gasteiger charge is -2.07. The number of rotatable bonds is 4. The van der Waals surface area contributed by atoms with E-state index in [0.29, 0.717) is 0 Å². The minimum atomic E-state index is -0.285. The molecule has 0 bridgehead atoms. The lowest BCUT2D eigenvalue weighted by atomic mass is 10.2. The number of hydrogen-bond acceptors (Lipinski definition) is 0. The van der Waals surface area contributed by atoms with Gasteiger partial charge in [-0.3, -0.25) is 0 Å². The molecular weight excluding hydrogens is 187 g/mol. The van der Waals surface area contributed by atoms with Gasteiger partial charge in [0.2, 0.25) is 0 Å². The molecular formula is C10H14ClP. The van der Waals surface area contributed by atoms with Crippen molar-refractivity contribution in [3.63, 3.8) is 0 Å². The number of hydrogen-bond donors (Lipinski definition) is 0. The first-order valence-electron chi connectivity index (χ1n) is 4.27. The van der Waals surface area contributed by atoms with E-state index in [0.717, 1.165) is 6.16 Å². The van der Waals surface area contributed by atoms with Gasteiger partial charge in [0.15, 0.2) is 0 Å². The first kappa shape index (κ1) is 10.0. The highest BCUT2D eigenvalue weighted by Crippen LogP contribution is 2.45. The Balaban J connectivity index is 2.41. The predicted octanol–water partition coefficient (Wildman–Crippen LogP) is 4.23. The van der Waals surface area contributed by atoms with Crippen LogP contribution in [0.15, 0.2) is 30.3 Å². The Kier molecular flexibility index (Phi) is 4.65. The van der Waals surface area contributed by atoms with Gasteiger partial charge in [-0.1, -0.05) is 54.9 Å². The second-order valence-electron chi connectivity index (χ2n) is 2.83. The molecule has 0 aliphatic rings. The lowest BCUT2D eigenvalue weighted by molar-refractivity contribution is 1.09. The molecule has 12 heavy (non-hydrogen) atoms. The molecule has 1 aromatic rings. The molecule has 1 atom stereocenters. The summed E-state index contributed by atoms with van der Waals surface area (Å²) in [6, 6.07) is 10.5. The van der Waals surface area contributed by atoms with Gasteiger partial charge < -0.3 is 0 Å². The van der Waals surface area contributed by atoms with Crippen molar-refractivity contribution in [1.82, 2.24) is 0 Å². The zero-order valence-electron chi connectivity index (χ0n) is 7.33. The van der Waals surface area contributed by atoms with Crippen LogP contribution in [0.2, 0.25) is 0 Å². The first-order valence-corrected chi connectivity index (χ1v) is 6.89. The number of halogens is 1. The van der Waals surface area contributed by atoms with Gasteiger partial charge in [-0.15, -0.1) is 0 Å². The highest BCUT2D eigenvalue weighted by atomic mass is 35.7. The van der Waals surface area contributed by atoms with Gasteiger partial charge in [0.25, 0.3) is 0 Å². The fourth-order valence-electron chi connectivity index (χ4n) is 1.10. The van der Waals surface area contributed by atoms with E-state index in [4.69, 9.17) is 11.2 Å². The summed E-state index contributed by atoms with van der Waals surface area (Å²) in [6.07, 6.45) is 3.43. The summed E-state index contributed by atoms with van der Waals surface area (Å²) in [6.45, 7) is 2.18. The van der Waals surface area contributed by atoms with Crippen LogP contribution in [-0.2, 0) is 6.16 Å². The third-order valence-electron chi connectivity index (χ3n) is 1.66. The van der Waals surface area contributed by atoms with E-state index in [1.807, 2.05) is 6.07 Å². The zero-order chi connectivity index (χ0) is 8.81. The highest BCUT2D eigenvalue weighted by Gasteiger charge is 2.02. The SMILES string of the molecule is CCCP(Cl)Cc1ccccc1. The maximum Gasteiger partial charge on any atom is 0.00658 e. The third kappa shape index (κ3) is 3.56. The summed E-state index contributed by atoms with van der Waals surface area (Å²) in [5, 5.41) is 0. The summed E-state index contributed by atoms with van der Waals surface area (Å²) in [5.74, 6) is 0. The summed E-state index contributed by atoms with van der Waals surface area (Å²) < 4.78 is 0. The molecule has 0 N–H and O–H groups in total. The fourth-order valence-corrected chi connectivity index (χ4v) is 3.27. The Morgan fingerprint density at radius 2 is 1.92 bits per heavy atom. The minimum absolute atomic E-state index is 0.285. The average molecular weight is 201 g/mol. The van der Waals surface area contributed by atoms with Crippen LogP contribution in [0.25, 0.3) is 0 Å². The molecule has 1 rings (SSSR count). The van der Waals surface area contributed by atoms with Crippen LogP contribution in [0.1, 0.15) is 18.9 Å². The van der Waals surface area contributed by atoms with Crippen molar-refractivity contribution in [2.45, 2.75) is 19.5 Å². The minimum Gasteiger partial charge on any atom is -0.0961 e. The molecule has 0 spiro atoms. The number of benzene rings is 1. The van der Waals surface area contributed by atoms with Crippen molar-refractivity contribution < 1.29 is 0 Å². The van der Waals surface area contributed by atoms with Crippen LogP contribution >= 0.6 is 18.5 Å². The maximum atomic E-state index is 6.18. The zero-order valence-corrected chi connectivity index (χ0v) is 8.98. The second kappa shape index (κ2) is 5.56. The van der Waals surface area contributed by atoms with Gasteiger partial charge in [0.1, 0.15) is 0 Å². The van der Waals surface area contributed by atoms with Gasteiger partial charge in [-0.05, 0) is 19.0 Å². The Bertz CT molecular complexity index is 210. The molecule has 0 nitrogen and oxygen atoms in total. The van der Waals surface area contributed by atoms with Crippen LogP contribution in [-0.4, -0.2) is 6.16 Å². The molecule has 0 fully saturated rings. The quantitative estimate of drug-likeness (QED) is 0.638. The molecule has 1 aromatic carbocycles. The van der Waals surface area contributed by atoms with Gasteiger partial charge in [-0.25, -0.2) is 0 Å². The van der Waals surface area contributed by atoms with Crippen LogP contribution < -0.4 is 0 Å². The summed E-state index contributed by atoms with van der Waals surface area (Å²) in [5.41, 5.74) is 1.37. The molecule has 0 radical (unpaired) electrons. The maximum absolute atomic E-state index is 6.18. The second-order valence-corrected chi connectivity index (χ2v) is 5.95. The molecule has 0 amide bonds. The summed E-state index contributed by atoms with van der Waals surface area (Å²) >= 11 is 6.18. The van der Waals surface area contributed by atoms with Gasteiger partial charge in [0, 0.05) is 6.16 Å². The average Bonchev–Trinajstić information content (AvgIpc) is 2.06. The topological polar surface area (TPSA) is 0 Å². The van der Waals surface area contributed by atoms with Crippen molar-refractivity contribution in [3.8, 4) is 0 Å². The Labute approximate surface area is 80.5 Å². The van der Waals surface area contributed by atoms with E-state index < -0.39 is 0 Å². The molecule has 0 aliphatic carbocycles. The molecule has 1 unspecified atom stereocenters. The van der Waals surface area contributed by atoms with E-state index in [9.17, 15) is 0 Å². The van der Waals surface area contributed by atoms with Crippen LogP contribution in [0.3, 0.4) is 0 Å². The van der Waals surface area contributed by atoms with E-state index in [2.05, 4.69) is 31.2 Å². The van der Waals surface area contributed by atoms with Gasteiger partial charge >= 0.3 is 0 Å². The van der Waals surface area contributed by atoms with Gasteiger partial charge in [0.05, 0.1) is 0 Å². The van der Waals surface area contributed by atoms with Crippen molar-refractivity contribution in [1.29, 1.82) is 0 Å². The van der Waals surface area contributed by atoms with E-state index in [1.54, 1.807) is 0 Å². The molecule has 0 aliphatic heterocycles. The summed E-state index contributed by atoms with van der Waals surface area (Å²) in [7, 11) is -0.285. The van der Waals surface area contributed by atoms with Crippen molar-refractivity contribution >= 4 is 18.5 Å². The van der Waals surface area contributed by atoms with E-state index in [-0.39, 0.29) is 7.27 Å². The van der Waals surface area contributed by atoms with Crippen LogP contribution in [0.5, 0.6) is 0 Å². The Morgan fingerprint density at radius 1 is 1.25 bits per heavy atom. The van der Waals surface area contributed by atoms with E-state index in [1.165, 1.54) is 18.1 Å². The standard InChI is InChI=1S/C10H14ClP/c1-2-8-12(11)9-10-6-4-3-5-7-10/h3-7H,2,8-9H2,1H3. The molecule has 0 heterocycles. The summed E-state index contributed by atoms with van der Waals surface area (Å²) in [4.78, 5) is 0. The van der Waals surface area contributed by atoms with Gasteiger partial charge in [-0.2, -0.15) is 0 Å². The molecule has 0 aromatic heterocycles. The monoisotopic (exact) mass is 200 g/mol. The highest BCUT2D eigenvalue weighted by molar-refractivity contribution is 7.83. The molecule has 2 heteroatoms. The smallest absolute Gasteiger partial charge is 0.00658 e. The van der Waals surface area contributed by atoms with Crippen LogP contribution in [0, 0.1) is 0 Å². The largest absolute Gasteiger partial charge is 0.0961 e.